The Balaban J connectivity index is 1.51. The Morgan fingerprint density at radius 1 is 1.06 bits per heavy atom. The van der Waals surface area contributed by atoms with Gasteiger partial charge in [-0.05, 0) is 54.8 Å². The van der Waals surface area contributed by atoms with Gasteiger partial charge in [0, 0.05) is 33.6 Å². The number of alkyl halides is 2. The molecular formula is C22H15Cl5N2O2. The van der Waals surface area contributed by atoms with E-state index in [1.165, 1.54) is 12.1 Å². The summed E-state index contributed by atoms with van der Waals surface area (Å²) >= 11 is 31.1. The molecule has 0 bridgehead atoms. The molecule has 160 valence electrons. The van der Waals surface area contributed by atoms with Crippen LogP contribution >= 0.6 is 58.0 Å². The number of nitriles is 1. The van der Waals surface area contributed by atoms with E-state index in [9.17, 15) is 14.9 Å². The highest BCUT2D eigenvalue weighted by atomic mass is 35.5. The molecule has 2 saturated carbocycles. The van der Waals surface area contributed by atoms with Gasteiger partial charge in [0.25, 0.3) is 0 Å². The van der Waals surface area contributed by atoms with Crippen molar-refractivity contribution in [1.29, 1.82) is 5.26 Å². The van der Waals surface area contributed by atoms with E-state index in [0.29, 0.717) is 34.1 Å². The van der Waals surface area contributed by atoms with Crippen molar-refractivity contribution in [2.24, 2.45) is 11.3 Å². The molecule has 0 unspecified atom stereocenters. The predicted molar refractivity (Wildman–Crippen MR) is 123 cm³/mol. The minimum Gasteiger partial charge on any atom is -0.326 e. The van der Waals surface area contributed by atoms with Gasteiger partial charge in [-0.25, -0.2) is 0 Å². The maximum Gasteiger partial charge on any atom is 0.231 e. The molecule has 1 amide bonds. The first-order valence-electron chi connectivity index (χ1n) is 9.45. The molecule has 2 aliphatic carbocycles. The van der Waals surface area contributed by atoms with Crippen molar-refractivity contribution < 1.29 is 9.59 Å². The number of amides is 1. The number of hydrogen-bond donors (Lipinski definition) is 1. The van der Waals surface area contributed by atoms with E-state index in [0.717, 1.165) is 0 Å². The molecule has 0 saturated heterocycles. The number of ketones is 1. The van der Waals surface area contributed by atoms with E-state index in [2.05, 4.69) is 11.4 Å². The monoisotopic (exact) mass is 514 g/mol. The van der Waals surface area contributed by atoms with Gasteiger partial charge in [-0.3, -0.25) is 9.59 Å². The van der Waals surface area contributed by atoms with E-state index >= 15 is 0 Å². The van der Waals surface area contributed by atoms with Gasteiger partial charge in [0.1, 0.15) is 4.33 Å². The molecule has 0 spiro atoms. The molecule has 0 radical (unpaired) electrons. The van der Waals surface area contributed by atoms with Crippen molar-refractivity contribution in [3.05, 3.63) is 62.6 Å². The molecular weight excluding hydrogens is 502 g/mol. The number of hydrogen-bond acceptors (Lipinski definition) is 3. The normalized spacial score (nSPS) is 22.3. The first-order valence-corrected chi connectivity index (χ1v) is 11.3. The van der Waals surface area contributed by atoms with E-state index in [-0.39, 0.29) is 22.8 Å². The molecule has 2 aromatic carbocycles. The van der Waals surface area contributed by atoms with Crippen LogP contribution in [0.2, 0.25) is 15.1 Å². The predicted octanol–water partition coefficient (Wildman–Crippen LogP) is 7.05. The molecule has 4 rings (SSSR count). The summed E-state index contributed by atoms with van der Waals surface area (Å²) in [7, 11) is 0. The van der Waals surface area contributed by atoms with Crippen molar-refractivity contribution >= 4 is 75.4 Å². The van der Waals surface area contributed by atoms with Gasteiger partial charge in [0.15, 0.2) is 5.78 Å². The van der Waals surface area contributed by atoms with E-state index in [1.807, 2.05) is 0 Å². The van der Waals surface area contributed by atoms with Crippen LogP contribution in [-0.2, 0) is 4.79 Å². The summed E-state index contributed by atoms with van der Waals surface area (Å²) in [6.07, 6.45) is 1.51. The highest BCUT2D eigenvalue weighted by Crippen LogP contribution is 2.65. The highest BCUT2D eigenvalue weighted by Gasteiger charge is 2.67. The highest BCUT2D eigenvalue weighted by molar-refractivity contribution is 6.53. The molecule has 2 aliphatic rings. The fourth-order valence-corrected chi connectivity index (χ4v) is 5.33. The second-order valence-electron chi connectivity index (χ2n) is 8.01. The number of halogens is 5. The van der Waals surface area contributed by atoms with Gasteiger partial charge in [-0.15, -0.1) is 23.2 Å². The first kappa shape index (κ1) is 22.7. The van der Waals surface area contributed by atoms with Gasteiger partial charge in [0.2, 0.25) is 5.91 Å². The third-order valence-electron chi connectivity index (χ3n) is 5.70. The zero-order chi connectivity index (χ0) is 22.6. The Labute approximate surface area is 204 Å². The second kappa shape index (κ2) is 8.14. The average molecular weight is 517 g/mol. The lowest BCUT2D eigenvalue weighted by atomic mass is 9.96. The fraction of sp³-hybridized carbons (Fsp3) is 0.318. The molecule has 0 aromatic heterocycles. The summed E-state index contributed by atoms with van der Waals surface area (Å²) in [6.45, 7) is 0. The Kier molecular flexibility index (Phi) is 5.96. The van der Waals surface area contributed by atoms with Crippen LogP contribution in [0.15, 0.2) is 36.4 Å². The summed E-state index contributed by atoms with van der Waals surface area (Å²) in [5.74, 6) is -1.84. The maximum absolute atomic E-state index is 12.9. The van der Waals surface area contributed by atoms with E-state index in [1.54, 1.807) is 24.3 Å². The molecule has 0 heterocycles. The standard InChI is InChI=1S/C22H15Cl5N2O2/c23-12-5-11(6-13(24)7-12)18-19(22(18,26)27)20(31)29-14-1-2-16(25)15(8-14)17(30)9-21(10-28)3-4-21/h1-2,5-8,18-19H,3-4,9H2,(H,29,31)/t18-,19+/m0/s1. The van der Waals surface area contributed by atoms with Crippen LogP contribution in [0.3, 0.4) is 0 Å². The summed E-state index contributed by atoms with van der Waals surface area (Å²) in [4.78, 5) is 25.5. The number of nitrogens with zero attached hydrogens (tertiary/aromatic N) is 1. The van der Waals surface area contributed by atoms with Crippen LogP contribution in [-0.4, -0.2) is 16.0 Å². The number of carbonyl (C=O) groups is 2. The topological polar surface area (TPSA) is 70.0 Å². The van der Waals surface area contributed by atoms with Gasteiger partial charge in [0.05, 0.1) is 22.4 Å². The Morgan fingerprint density at radius 2 is 1.71 bits per heavy atom. The van der Waals surface area contributed by atoms with Gasteiger partial charge >= 0.3 is 0 Å². The Hall–Kier alpha value is -1.48. The quantitative estimate of drug-likeness (QED) is 0.330. The zero-order valence-electron chi connectivity index (χ0n) is 15.9. The first-order chi connectivity index (χ1) is 14.6. The van der Waals surface area contributed by atoms with Gasteiger partial charge in [-0.2, -0.15) is 5.26 Å². The molecule has 2 atom stereocenters. The lowest BCUT2D eigenvalue weighted by molar-refractivity contribution is -0.117. The van der Waals surface area contributed by atoms with Crippen molar-refractivity contribution in [3.63, 3.8) is 0 Å². The lowest BCUT2D eigenvalue weighted by Crippen LogP contribution is -2.17. The maximum atomic E-state index is 12.9. The minimum absolute atomic E-state index is 0.104. The smallest absolute Gasteiger partial charge is 0.231 e. The van der Waals surface area contributed by atoms with Crippen LogP contribution in [0.1, 0.15) is 41.1 Å². The average Bonchev–Trinajstić information content (AvgIpc) is 3.57. The third-order valence-corrected chi connectivity index (χ3v) is 7.41. The van der Waals surface area contributed by atoms with Gasteiger partial charge in [-0.1, -0.05) is 34.8 Å². The summed E-state index contributed by atoms with van der Waals surface area (Å²) < 4.78 is -1.31. The molecule has 4 nitrogen and oxygen atoms in total. The molecule has 2 aromatic rings. The van der Waals surface area contributed by atoms with Crippen LogP contribution in [0.4, 0.5) is 5.69 Å². The molecule has 9 heteroatoms. The number of nitrogens with one attached hydrogen (secondary N) is 1. The van der Waals surface area contributed by atoms with Crippen LogP contribution in [0.5, 0.6) is 0 Å². The summed E-state index contributed by atoms with van der Waals surface area (Å²) in [5.41, 5.74) is 0.730. The van der Waals surface area contributed by atoms with Crippen LogP contribution < -0.4 is 5.32 Å². The van der Waals surface area contributed by atoms with E-state index in [4.69, 9.17) is 58.0 Å². The molecule has 1 N–H and O–H groups in total. The Bertz CT molecular complexity index is 1120. The number of Topliss-reactive ketones (excluding diaryl/α,β-unsaturated/α-hetero) is 1. The van der Waals surface area contributed by atoms with Gasteiger partial charge < -0.3 is 5.32 Å². The second-order valence-corrected chi connectivity index (χ2v) is 10.7. The number of benzene rings is 2. The van der Waals surface area contributed by atoms with E-state index < -0.39 is 27.5 Å². The number of rotatable bonds is 6. The number of carbonyl (C=O) groups excluding carboxylic acids is 2. The molecule has 31 heavy (non-hydrogen) atoms. The van der Waals surface area contributed by atoms with Crippen molar-refractivity contribution in [3.8, 4) is 6.07 Å². The summed E-state index contributed by atoms with van der Waals surface area (Å²) in [6, 6.07) is 11.8. The SMILES string of the molecule is N#CC1(CC(=O)c2cc(NC(=O)[C@H]3[C@H](c4cc(Cl)cc(Cl)c4)C3(Cl)Cl)ccc2Cl)CC1. The fourth-order valence-electron chi connectivity index (χ4n) is 3.74. The Morgan fingerprint density at radius 3 is 2.29 bits per heavy atom. The van der Waals surface area contributed by atoms with Crippen LogP contribution in [0, 0.1) is 22.7 Å². The summed E-state index contributed by atoms with van der Waals surface area (Å²) in [5, 5.41) is 13.1. The minimum atomic E-state index is -1.31. The van der Waals surface area contributed by atoms with Crippen molar-refractivity contribution in [2.45, 2.75) is 29.5 Å². The van der Waals surface area contributed by atoms with Crippen LogP contribution in [0.25, 0.3) is 0 Å². The molecule has 0 aliphatic heterocycles. The zero-order valence-corrected chi connectivity index (χ0v) is 19.7. The van der Waals surface area contributed by atoms with Crippen molar-refractivity contribution in [2.75, 3.05) is 5.32 Å². The lowest BCUT2D eigenvalue weighted by Gasteiger charge is -2.10. The number of anilines is 1. The largest absolute Gasteiger partial charge is 0.326 e. The third kappa shape index (κ3) is 4.53. The molecule has 2 fully saturated rings. The van der Waals surface area contributed by atoms with Crippen molar-refractivity contribution in [1.82, 2.24) is 0 Å².